The van der Waals surface area contributed by atoms with E-state index in [0.717, 1.165) is 0 Å². The average molecular weight is 417 g/mol. The fraction of sp³-hybridized carbons (Fsp3) is 0.211. The lowest BCUT2D eigenvalue weighted by atomic mass is 10.2. The molecule has 0 bridgehead atoms. The lowest BCUT2D eigenvalue weighted by molar-refractivity contribution is -0.135. The summed E-state index contributed by atoms with van der Waals surface area (Å²) in [6.07, 6.45) is -0.622. The van der Waals surface area contributed by atoms with Gasteiger partial charge in [-0.3, -0.25) is 15.0 Å². The molecule has 0 aromatic heterocycles. The first-order valence-corrected chi connectivity index (χ1v) is 10.2. The smallest absolute Gasteiger partial charge is 0.411 e. The maximum atomic E-state index is 12.4. The minimum absolute atomic E-state index is 0.0859. The van der Waals surface area contributed by atoms with Crippen LogP contribution in [0.1, 0.15) is 19.4 Å². The highest BCUT2D eigenvalue weighted by Gasteiger charge is 2.31. The second-order valence-corrected chi connectivity index (χ2v) is 7.70. The lowest BCUT2D eigenvalue weighted by Gasteiger charge is -2.10. The van der Waals surface area contributed by atoms with E-state index in [4.69, 9.17) is 9.47 Å². The number of sulfonamides is 1. The van der Waals surface area contributed by atoms with Gasteiger partial charge in [0.2, 0.25) is 0 Å². The predicted octanol–water partition coefficient (Wildman–Crippen LogP) is 2.29. The molecule has 0 aliphatic carbocycles. The summed E-state index contributed by atoms with van der Waals surface area (Å²) in [6, 6.07) is 11.6. The zero-order valence-corrected chi connectivity index (χ0v) is 16.5. The summed E-state index contributed by atoms with van der Waals surface area (Å²) in [4.78, 5) is 28.2. The zero-order chi connectivity index (χ0) is 21.0. The average Bonchev–Trinajstić information content (AvgIpc) is 2.92. The van der Waals surface area contributed by atoms with Crippen molar-refractivity contribution in [2.24, 2.45) is 4.99 Å². The molecule has 2 aromatic rings. The molecule has 0 radical (unpaired) electrons. The number of ether oxygens (including phenoxy) is 2. The molecule has 9 nitrogen and oxygen atoms in total. The van der Waals surface area contributed by atoms with E-state index in [1.807, 2.05) is 0 Å². The summed E-state index contributed by atoms with van der Waals surface area (Å²) in [5, 5.41) is 2.51. The van der Waals surface area contributed by atoms with Crippen LogP contribution in [-0.4, -0.2) is 39.0 Å². The molecular formula is C19H19N3O6S. The highest BCUT2D eigenvalue weighted by molar-refractivity contribution is 7.90. The molecule has 1 aliphatic heterocycles. The molecular weight excluding hydrogens is 398 g/mol. The number of amidine groups is 1. The van der Waals surface area contributed by atoms with Crippen molar-refractivity contribution in [1.82, 2.24) is 4.72 Å². The molecule has 0 unspecified atom stereocenters. The van der Waals surface area contributed by atoms with Crippen molar-refractivity contribution in [3.63, 3.8) is 0 Å². The Morgan fingerprint density at radius 1 is 1.17 bits per heavy atom. The topological polar surface area (TPSA) is 123 Å². The molecule has 152 valence electrons. The second-order valence-electron chi connectivity index (χ2n) is 6.05. The zero-order valence-electron chi connectivity index (χ0n) is 15.7. The minimum atomic E-state index is -3.69. The number of benzene rings is 2. The quantitative estimate of drug-likeness (QED) is 0.568. The van der Waals surface area contributed by atoms with E-state index in [9.17, 15) is 18.0 Å². The first-order chi connectivity index (χ1) is 13.8. The number of nitrogens with zero attached hydrogens (tertiary/aromatic N) is 1. The Hall–Kier alpha value is -3.40. The van der Waals surface area contributed by atoms with Gasteiger partial charge >= 0.3 is 12.1 Å². The number of fused-ring (bicyclic) bond motifs is 1. The largest absolute Gasteiger partial charge is 0.450 e. The summed E-state index contributed by atoms with van der Waals surface area (Å²) < 4.78 is 36.7. The molecule has 29 heavy (non-hydrogen) atoms. The number of hydrogen-bond donors (Lipinski definition) is 2. The van der Waals surface area contributed by atoms with E-state index in [-0.39, 0.29) is 23.1 Å². The number of carbonyl (C=O) groups is 2. The van der Waals surface area contributed by atoms with Crippen molar-refractivity contribution in [3.05, 3.63) is 54.1 Å². The van der Waals surface area contributed by atoms with Crippen LogP contribution in [0, 0.1) is 0 Å². The Morgan fingerprint density at radius 3 is 2.69 bits per heavy atom. The van der Waals surface area contributed by atoms with Crippen LogP contribution in [0.4, 0.5) is 10.5 Å². The van der Waals surface area contributed by atoms with Gasteiger partial charge in [0, 0.05) is 17.3 Å². The highest BCUT2D eigenvalue weighted by atomic mass is 32.2. The molecule has 1 heterocycles. The third-order valence-corrected chi connectivity index (χ3v) is 5.30. The number of esters is 1. The third-order valence-electron chi connectivity index (χ3n) is 3.90. The van der Waals surface area contributed by atoms with Gasteiger partial charge in [-0.05, 0) is 38.1 Å². The van der Waals surface area contributed by atoms with E-state index in [1.165, 1.54) is 19.1 Å². The maximum absolute atomic E-state index is 12.4. The summed E-state index contributed by atoms with van der Waals surface area (Å²) >= 11 is 0. The van der Waals surface area contributed by atoms with Gasteiger partial charge in [-0.15, -0.1) is 0 Å². The standard InChI is InChI=1S/C19H19N3O6S/c1-3-27-19(24)21-13-7-6-8-14(11-13)28-18(23)12(2)20-17-15-9-4-5-10-16(15)29(25,26)22-17/h4-12H,3H2,1-2H3,(H,20,22)(H,21,24)/t12-/m0/s1. The van der Waals surface area contributed by atoms with Gasteiger partial charge in [-0.2, -0.15) is 0 Å². The molecule has 0 fully saturated rings. The van der Waals surface area contributed by atoms with Crippen LogP contribution in [0.3, 0.4) is 0 Å². The Kier molecular flexibility index (Phi) is 5.83. The van der Waals surface area contributed by atoms with E-state index < -0.39 is 28.1 Å². The number of nitrogens with one attached hydrogen (secondary N) is 2. The van der Waals surface area contributed by atoms with Crippen molar-refractivity contribution < 1.29 is 27.5 Å². The number of carbonyl (C=O) groups excluding carboxylic acids is 2. The van der Waals surface area contributed by atoms with Crippen LogP contribution >= 0.6 is 0 Å². The van der Waals surface area contributed by atoms with E-state index in [0.29, 0.717) is 11.3 Å². The van der Waals surface area contributed by atoms with Crippen LogP contribution in [-0.2, 0) is 19.6 Å². The first-order valence-electron chi connectivity index (χ1n) is 8.75. The second kappa shape index (κ2) is 8.31. The molecule has 0 saturated carbocycles. The van der Waals surface area contributed by atoms with Gasteiger partial charge < -0.3 is 9.47 Å². The van der Waals surface area contributed by atoms with Crippen LogP contribution in [0.2, 0.25) is 0 Å². The number of amides is 1. The van der Waals surface area contributed by atoms with Crippen molar-refractivity contribution in [1.29, 1.82) is 0 Å². The van der Waals surface area contributed by atoms with Crippen LogP contribution < -0.4 is 14.8 Å². The summed E-state index contributed by atoms with van der Waals surface area (Å²) in [5.41, 5.74) is 0.790. The molecule has 1 atom stereocenters. The number of anilines is 1. The molecule has 10 heteroatoms. The molecule has 1 amide bonds. The van der Waals surface area contributed by atoms with Crippen molar-refractivity contribution in [2.45, 2.75) is 24.8 Å². The number of rotatable bonds is 5. The van der Waals surface area contributed by atoms with Crippen LogP contribution in [0.5, 0.6) is 5.75 Å². The number of hydrogen-bond acceptors (Lipinski definition) is 7. The Balaban J connectivity index is 1.72. The van der Waals surface area contributed by atoms with Gasteiger partial charge in [0.25, 0.3) is 10.0 Å². The summed E-state index contributed by atoms with van der Waals surface area (Å²) in [6.45, 7) is 3.40. The fourth-order valence-electron chi connectivity index (χ4n) is 2.60. The van der Waals surface area contributed by atoms with Gasteiger partial charge in [0.15, 0.2) is 0 Å². The molecule has 2 N–H and O–H groups in total. The summed E-state index contributed by atoms with van der Waals surface area (Å²) in [7, 11) is -3.69. The molecule has 2 aromatic carbocycles. The lowest BCUT2D eigenvalue weighted by Crippen LogP contribution is -2.27. The monoisotopic (exact) mass is 417 g/mol. The van der Waals surface area contributed by atoms with E-state index >= 15 is 0 Å². The highest BCUT2D eigenvalue weighted by Crippen LogP contribution is 2.23. The first kappa shape index (κ1) is 20.3. The summed E-state index contributed by atoms with van der Waals surface area (Å²) in [5.74, 6) is -0.402. The Labute approximate surface area is 167 Å². The van der Waals surface area contributed by atoms with Gasteiger partial charge in [-0.1, -0.05) is 18.2 Å². The molecule has 1 aliphatic rings. The van der Waals surface area contributed by atoms with Gasteiger partial charge in [0.05, 0.1) is 11.5 Å². The Morgan fingerprint density at radius 2 is 1.93 bits per heavy atom. The van der Waals surface area contributed by atoms with E-state index in [2.05, 4.69) is 15.0 Å². The molecule has 0 spiro atoms. The van der Waals surface area contributed by atoms with Crippen molar-refractivity contribution in [3.8, 4) is 5.75 Å². The normalized spacial score (nSPS) is 16.4. The molecule has 0 saturated heterocycles. The maximum Gasteiger partial charge on any atom is 0.411 e. The fourth-order valence-corrected chi connectivity index (χ4v) is 3.84. The minimum Gasteiger partial charge on any atom is -0.450 e. The SMILES string of the molecule is CCOC(=O)Nc1cccc(OC(=O)[C@H](C)N=C2NS(=O)(=O)c3ccccc32)c1. The third kappa shape index (κ3) is 4.72. The number of aliphatic imine (C=N–C) groups is 1. The van der Waals surface area contributed by atoms with E-state index in [1.54, 1.807) is 43.3 Å². The van der Waals surface area contributed by atoms with Gasteiger partial charge in [-0.25, -0.2) is 18.0 Å². The van der Waals surface area contributed by atoms with Crippen LogP contribution in [0.15, 0.2) is 58.4 Å². The van der Waals surface area contributed by atoms with Crippen molar-refractivity contribution >= 4 is 33.6 Å². The predicted molar refractivity (Wildman–Crippen MR) is 105 cm³/mol. The van der Waals surface area contributed by atoms with Crippen molar-refractivity contribution in [2.75, 3.05) is 11.9 Å². The van der Waals surface area contributed by atoms with Gasteiger partial charge in [0.1, 0.15) is 17.6 Å². The molecule has 3 rings (SSSR count). The van der Waals surface area contributed by atoms with Crippen LogP contribution in [0.25, 0.3) is 0 Å². The Bertz CT molecular complexity index is 1080.